The van der Waals surface area contributed by atoms with Crippen molar-refractivity contribution in [1.82, 2.24) is 9.97 Å². The summed E-state index contributed by atoms with van der Waals surface area (Å²) in [6, 6.07) is 11.2. The van der Waals surface area contributed by atoms with E-state index < -0.39 is 0 Å². The second-order valence-corrected chi connectivity index (χ2v) is 4.50. The number of hydrogen-bond donors (Lipinski definition) is 1. The fourth-order valence-corrected chi connectivity index (χ4v) is 1.99. The average Bonchev–Trinajstić information content (AvgIpc) is 2.95. The summed E-state index contributed by atoms with van der Waals surface area (Å²) in [4.78, 5) is 20.0. The number of furan rings is 1. The fourth-order valence-electron chi connectivity index (χ4n) is 1.99. The van der Waals surface area contributed by atoms with Gasteiger partial charge in [0.25, 0.3) is 5.91 Å². The summed E-state index contributed by atoms with van der Waals surface area (Å²) >= 11 is 0. The number of anilines is 1. The number of aromatic nitrogens is 2. The Labute approximate surface area is 121 Å². The van der Waals surface area contributed by atoms with E-state index in [0.29, 0.717) is 11.4 Å². The Morgan fingerprint density at radius 1 is 1.14 bits per heavy atom. The minimum Gasteiger partial charge on any atom is -0.461 e. The number of aryl methyl sites for hydroxylation is 1. The predicted octanol–water partition coefficient (Wildman–Crippen LogP) is 3.30. The molecule has 2 aromatic heterocycles. The molecule has 0 unspecified atom stereocenters. The standard InChI is InChI=1S/C16H13N3O2/c1-11-6-7-15(21-11)12-4-2-3-5-13(12)19-16(20)14-10-17-8-9-18-14/h2-10H,1H3,(H,19,20). The van der Waals surface area contributed by atoms with E-state index in [1.807, 2.05) is 43.3 Å². The van der Waals surface area contributed by atoms with Crippen molar-refractivity contribution < 1.29 is 9.21 Å². The molecule has 0 spiro atoms. The number of nitrogens with one attached hydrogen (secondary N) is 1. The maximum absolute atomic E-state index is 12.2. The highest BCUT2D eigenvalue weighted by atomic mass is 16.3. The Hall–Kier alpha value is -2.95. The van der Waals surface area contributed by atoms with Crippen molar-refractivity contribution in [3.05, 3.63) is 66.4 Å². The van der Waals surface area contributed by atoms with Crippen LogP contribution in [0.25, 0.3) is 11.3 Å². The van der Waals surface area contributed by atoms with Crippen LogP contribution in [-0.2, 0) is 0 Å². The maximum atomic E-state index is 12.2. The number of hydrogen-bond acceptors (Lipinski definition) is 4. The van der Waals surface area contributed by atoms with Crippen molar-refractivity contribution in [1.29, 1.82) is 0 Å². The predicted molar refractivity (Wildman–Crippen MR) is 78.9 cm³/mol. The molecule has 1 aromatic carbocycles. The van der Waals surface area contributed by atoms with Crippen molar-refractivity contribution in [2.45, 2.75) is 6.92 Å². The second-order valence-electron chi connectivity index (χ2n) is 4.50. The number of benzene rings is 1. The number of amides is 1. The largest absolute Gasteiger partial charge is 0.461 e. The Balaban J connectivity index is 1.91. The summed E-state index contributed by atoms with van der Waals surface area (Å²) in [6.07, 6.45) is 4.43. The average molecular weight is 279 g/mol. The molecular weight excluding hydrogens is 266 g/mol. The number of carbonyl (C=O) groups excluding carboxylic acids is 1. The van der Waals surface area contributed by atoms with Crippen molar-refractivity contribution >= 4 is 11.6 Å². The second kappa shape index (κ2) is 5.58. The third-order valence-electron chi connectivity index (χ3n) is 2.98. The van der Waals surface area contributed by atoms with E-state index in [9.17, 15) is 4.79 Å². The highest BCUT2D eigenvalue weighted by Gasteiger charge is 2.12. The maximum Gasteiger partial charge on any atom is 0.275 e. The van der Waals surface area contributed by atoms with Gasteiger partial charge in [-0.25, -0.2) is 4.98 Å². The molecule has 0 fully saturated rings. The van der Waals surface area contributed by atoms with E-state index in [4.69, 9.17) is 4.42 Å². The Bertz CT molecular complexity index is 766. The molecule has 1 amide bonds. The van der Waals surface area contributed by atoms with E-state index in [1.165, 1.54) is 18.6 Å². The Morgan fingerprint density at radius 2 is 2.00 bits per heavy atom. The van der Waals surface area contributed by atoms with E-state index >= 15 is 0 Å². The minimum atomic E-state index is -0.307. The topological polar surface area (TPSA) is 68.0 Å². The molecule has 5 nitrogen and oxygen atoms in total. The van der Waals surface area contributed by atoms with E-state index in [2.05, 4.69) is 15.3 Å². The molecule has 5 heteroatoms. The molecule has 0 saturated carbocycles. The summed E-state index contributed by atoms with van der Waals surface area (Å²) in [5.74, 6) is 1.22. The quantitative estimate of drug-likeness (QED) is 0.798. The summed E-state index contributed by atoms with van der Waals surface area (Å²) in [6.45, 7) is 1.88. The molecule has 0 aliphatic rings. The van der Waals surface area contributed by atoms with Crippen LogP contribution >= 0.6 is 0 Å². The lowest BCUT2D eigenvalue weighted by Gasteiger charge is -2.08. The van der Waals surface area contributed by atoms with Gasteiger partial charge in [-0.2, -0.15) is 0 Å². The van der Waals surface area contributed by atoms with Crippen LogP contribution < -0.4 is 5.32 Å². The smallest absolute Gasteiger partial charge is 0.275 e. The molecule has 0 saturated heterocycles. The van der Waals surface area contributed by atoms with Crippen LogP contribution in [0.15, 0.2) is 59.4 Å². The molecule has 2 heterocycles. The van der Waals surface area contributed by atoms with Gasteiger partial charge >= 0.3 is 0 Å². The van der Waals surface area contributed by atoms with Crippen LogP contribution in [-0.4, -0.2) is 15.9 Å². The highest BCUT2D eigenvalue weighted by Crippen LogP contribution is 2.29. The van der Waals surface area contributed by atoms with Crippen molar-refractivity contribution in [3.8, 4) is 11.3 Å². The van der Waals surface area contributed by atoms with Crippen LogP contribution in [0.5, 0.6) is 0 Å². The number of carbonyl (C=O) groups is 1. The van der Waals surface area contributed by atoms with Gasteiger partial charge < -0.3 is 9.73 Å². The van der Waals surface area contributed by atoms with E-state index in [0.717, 1.165) is 11.3 Å². The van der Waals surface area contributed by atoms with Gasteiger partial charge in [0.1, 0.15) is 17.2 Å². The molecule has 3 rings (SSSR count). The lowest BCUT2D eigenvalue weighted by Crippen LogP contribution is -2.14. The van der Waals surface area contributed by atoms with Gasteiger partial charge in [-0.15, -0.1) is 0 Å². The van der Waals surface area contributed by atoms with E-state index in [-0.39, 0.29) is 11.6 Å². The molecule has 0 aliphatic carbocycles. The number of rotatable bonds is 3. The first-order valence-electron chi connectivity index (χ1n) is 6.47. The Morgan fingerprint density at radius 3 is 2.71 bits per heavy atom. The zero-order chi connectivity index (χ0) is 14.7. The van der Waals surface area contributed by atoms with Gasteiger partial charge in [0, 0.05) is 18.0 Å². The van der Waals surface area contributed by atoms with Gasteiger partial charge in [0.2, 0.25) is 0 Å². The first-order valence-corrected chi connectivity index (χ1v) is 6.47. The normalized spacial score (nSPS) is 10.3. The molecule has 1 N–H and O–H groups in total. The third kappa shape index (κ3) is 2.81. The third-order valence-corrected chi connectivity index (χ3v) is 2.98. The minimum absolute atomic E-state index is 0.267. The lowest BCUT2D eigenvalue weighted by atomic mass is 10.1. The summed E-state index contributed by atoms with van der Waals surface area (Å²) in [5, 5.41) is 2.83. The van der Waals surface area contributed by atoms with Crippen molar-refractivity contribution in [3.63, 3.8) is 0 Å². The summed E-state index contributed by atoms with van der Waals surface area (Å²) in [5.41, 5.74) is 1.76. The van der Waals surface area contributed by atoms with Crippen LogP contribution in [0.2, 0.25) is 0 Å². The zero-order valence-corrected chi connectivity index (χ0v) is 11.4. The monoisotopic (exact) mass is 279 g/mol. The summed E-state index contributed by atoms with van der Waals surface area (Å²) < 4.78 is 5.62. The fraction of sp³-hybridized carbons (Fsp3) is 0.0625. The SMILES string of the molecule is Cc1ccc(-c2ccccc2NC(=O)c2cnccn2)o1. The zero-order valence-electron chi connectivity index (χ0n) is 11.4. The van der Waals surface area contributed by atoms with Crippen LogP contribution in [0.3, 0.4) is 0 Å². The van der Waals surface area contributed by atoms with Gasteiger partial charge in [-0.05, 0) is 31.2 Å². The van der Waals surface area contributed by atoms with Gasteiger partial charge in [-0.1, -0.05) is 12.1 Å². The lowest BCUT2D eigenvalue weighted by molar-refractivity contribution is 0.102. The van der Waals surface area contributed by atoms with Crippen LogP contribution in [0.4, 0.5) is 5.69 Å². The molecule has 0 atom stereocenters. The van der Waals surface area contributed by atoms with Gasteiger partial charge in [-0.3, -0.25) is 9.78 Å². The Kier molecular flexibility index (Phi) is 3.47. The van der Waals surface area contributed by atoms with Gasteiger partial charge in [0.05, 0.1) is 11.9 Å². The van der Waals surface area contributed by atoms with Crippen molar-refractivity contribution in [2.24, 2.45) is 0 Å². The molecule has 0 aliphatic heterocycles. The first kappa shape index (κ1) is 13.1. The van der Waals surface area contributed by atoms with E-state index in [1.54, 1.807) is 0 Å². The molecule has 0 bridgehead atoms. The summed E-state index contributed by atoms with van der Waals surface area (Å²) in [7, 11) is 0. The molecule has 21 heavy (non-hydrogen) atoms. The van der Waals surface area contributed by atoms with Crippen LogP contribution in [0, 0.1) is 6.92 Å². The molecule has 104 valence electrons. The first-order chi connectivity index (χ1) is 10.2. The molecular formula is C16H13N3O2. The molecule has 3 aromatic rings. The number of para-hydroxylation sites is 1. The van der Waals surface area contributed by atoms with Gasteiger partial charge in [0.15, 0.2) is 0 Å². The molecule has 0 radical (unpaired) electrons. The highest BCUT2D eigenvalue weighted by molar-refractivity contribution is 6.04. The van der Waals surface area contributed by atoms with Crippen LogP contribution in [0.1, 0.15) is 16.2 Å². The van der Waals surface area contributed by atoms with Crippen molar-refractivity contribution in [2.75, 3.05) is 5.32 Å². The number of nitrogens with zero attached hydrogens (tertiary/aromatic N) is 2.